The first-order valence-corrected chi connectivity index (χ1v) is 7.31. The fourth-order valence-corrected chi connectivity index (χ4v) is 2.76. The van der Waals surface area contributed by atoms with E-state index in [2.05, 4.69) is 5.10 Å². The topological polar surface area (TPSA) is 118 Å². The van der Waals surface area contributed by atoms with Gasteiger partial charge in [-0.05, 0) is 19.9 Å². The van der Waals surface area contributed by atoms with Crippen LogP contribution in [-0.4, -0.2) is 20.3 Å². The molecule has 0 fully saturated rings. The van der Waals surface area contributed by atoms with Crippen LogP contribution in [0.15, 0.2) is 24.3 Å². The summed E-state index contributed by atoms with van der Waals surface area (Å²) in [5.74, 6) is 0. The zero-order chi connectivity index (χ0) is 17.5. The van der Waals surface area contributed by atoms with Crippen molar-refractivity contribution in [1.29, 1.82) is 10.7 Å². The molecule has 1 N–H and O–H groups in total. The van der Waals surface area contributed by atoms with Crippen molar-refractivity contribution in [1.82, 2.24) is 9.78 Å². The average Bonchev–Trinajstić information content (AvgIpc) is 2.54. The lowest BCUT2D eigenvalue weighted by Gasteiger charge is -2.31. The second-order valence-electron chi connectivity index (χ2n) is 6.14. The number of hydrogen-bond donors (Lipinski definition) is 1. The lowest BCUT2D eigenvalue weighted by atomic mass is 9.92. The Morgan fingerprint density at radius 1 is 1.46 bits per heavy atom. The lowest BCUT2D eigenvalue weighted by Crippen LogP contribution is -2.37. The summed E-state index contributed by atoms with van der Waals surface area (Å²) < 4.78 is 6.86. The van der Waals surface area contributed by atoms with Crippen LogP contribution in [0.3, 0.4) is 0 Å². The van der Waals surface area contributed by atoms with Crippen molar-refractivity contribution in [2.75, 3.05) is 0 Å². The number of nitrogens with zero attached hydrogens (tertiary/aromatic N) is 4. The summed E-state index contributed by atoms with van der Waals surface area (Å²) in [6, 6.07) is 8.06. The maximum absolute atomic E-state index is 11.2. The van der Waals surface area contributed by atoms with Crippen molar-refractivity contribution < 1.29 is 9.66 Å². The van der Waals surface area contributed by atoms with Crippen LogP contribution in [0.1, 0.15) is 30.7 Å². The molecule has 0 spiro atoms. The number of nitro benzene ring substituents is 1. The molecule has 1 aromatic carbocycles. The molecule has 0 atom stereocenters. The normalized spacial score (nSPS) is 15.4. The molecule has 8 heteroatoms. The van der Waals surface area contributed by atoms with Crippen LogP contribution < -0.4 is 5.49 Å². The second-order valence-corrected chi connectivity index (χ2v) is 6.14. The van der Waals surface area contributed by atoms with E-state index in [4.69, 9.17) is 10.1 Å². The van der Waals surface area contributed by atoms with Crippen LogP contribution in [-0.2, 0) is 17.8 Å². The zero-order valence-corrected chi connectivity index (χ0v) is 13.2. The third kappa shape index (κ3) is 2.55. The number of nitrogens with one attached hydrogen (secondary N) is 1. The molecular formula is C16H15N5O3. The number of fused-ring (bicyclic) bond motifs is 1. The Bertz CT molecular complexity index is 940. The molecule has 1 aromatic heterocycles. The standard InChI is InChI=1S/C16H15N5O3/c1-16(2)7-10-11(8-17)15(18)20(19-12(10)9-24-16)13-5-3-4-6-14(13)21(22)23/h3-6,18H,7,9H2,1-2H3. The highest BCUT2D eigenvalue weighted by molar-refractivity contribution is 5.52. The van der Waals surface area contributed by atoms with Crippen molar-refractivity contribution in [3.8, 4) is 11.8 Å². The van der Waals surface area contributed by atoms with E-state index in [0.717, 1.165) is 4.68 Å². The minimum Gasteiger partial charge on any atom is -0.369 e. The van der Waals surface area contributed by atoms with Crippen molar-refractivity contribution in [2.45, 2.75) is 32.5 Å². The lowest BCUT2D eigenvalue weighted by molar-refractivity contribution is -0.384. The molecule has 0 saturated carbocycles. The molecule has 1 aliphatic rings. The molecular weight excluding hydrogens is 310 g/mol. The highest BCUT2D eigenvalue weighted by atomic mass is 16.6. The van der Waals surface area contributed by atoms with Crippen LogP contribution in [0.2, 0.25) is 0 Å². The number of nitro groups is 1. The first-order chi connectivity index (χ1) is 11.3. The fraction of sp³-hybridized carbons (Fsp3) is 0.312. The smallest absolute Gasteiger partial charge is 0.294 e. The van der Waals surface area contributed by atoms with E-state index < -0.39 is 10.5 Å². The van der Waals surface area contributed by atoms with Crippen LogP contribution in [0.25, 0.3) is 5.69 Å². The molecule has 8 nitrogen and oxygen atoms in total. The molecule has 0 amide bonds. The molecule has 24 heavy (non-hydrogen) atoms. The van der Waals surface area contributed by atoms with Gasteiger partial charge in [0.2, 0.25) is 0 Å². The van der Waals surface area contributed by atoms with Crippen LogP contribution in [0.5, 0.6) is 0 Å². The maximum atomic E-state index is 11.2. The molecule has 2 aromatic rings. The maximum Gasteiger partial charge on any atom is 0.294 e. The monoisotopic (exact) mass is 325 g/mol. The van der Waals surface area contributed by atoms with Gasteiger partial charge in [-0.25, -0.2) is 4.68 Å². The van der Waals surface area contributed by atoms with Gasteiger partial charge in [-0.2, -0.15) is 10.4 Å². The minimum absolute atomic E-state index is 0.150. The number of aromatic nitrogens is 2. The Morgan fingerprint density at radius 3 is 2.83 bits per heavy atom. The minimum atomic E-state index is -0.533. The van der Waals surface area contributed by atoms with Crippen LogP contribution in [0, 0.1) is 26.9 Å². The van der Waals surface area contributed by atoms with Crippen molar-refractivity contribution in [3.05, 3.63) is 56.7 Å². The Morgan fingerprint density at radius 2 is 2.17 bits per heavy atom. The molecule has 1 aliphatic heterocycles. The molecule has 2 heterocycles. The molecule has 0 radical (unpaired) electrons. The molecule has 0 saturated heterocycles. The predicted octanol–water partition coefficient (Wildman–Crippen LogP) is 1.98. The van der Waals surface area contributed by atoms with Gasteiger partial charge >= 0.3 is 0 Å². The van der Waals surface area contributed by atoms with E-state index in [0.29, 0.717) is 17.7 Å². The van der Waals surface area contributed by atoms with E-state index in [-0.39, 0.29) is 29.0 Å². The van der Waals surface area contributed by atoms with E-state index in [1.54, 1.807) is 12.1 Å². The van der Waals surface area contributed by atoms with Crippen molar-refractivity contribution in [2.24, 2.45) is 0 Å². The van der Waals surface area contributed by atoms with Gasteiger partial charge in [0.25, 0.3) is 5.69 Å². The Kier molecular flexibility index (Phi) is 3.66. The molecule has 0 bridgehead atoms. The Balaban J connectivity index is 2.29. The summed E-state index contributed by atoms with van der Waals surface area (Å²) in [4.78, 5) is 10.7. The van der Waals surface area contributed by atoms with Gasteiger partial charge < -0.3 is 4.74 Å². The number of nitriles is 1. The van der Waals surface area contributed by atoms with Crippen LogP contribution >= 0.6 is 0 Å². The van der Waals surface area contributed by atoms with Crippen molar-refractivity contribution >= 4 is 5.69 Å². The van der Waals surface area contributed by atoms with Gasteiger partial charge in [0.1, 0.15) is 17.3 Å². The molecule has 0 unspecified atom stereocenters. The third-order valence-electron chi connectivity index (χ3n) is 3.94. The van der Waals surface area contributed by atoms with E-state index in [1.807, 2.05) is 19.9 Å². The van der Waals surface area contributed by atoms with Gasteiger partial charge in [0.15, 0.2) is 5.49 Å². The Hall–Kier alpha value is -3.05. The summed E-state index contributed by atoms with van der Waals surface area (Å²) in [5.41, 5.74) is 0.741. The summed E-state index contributed by atoms with van der Waals surface area (Å²) >= 11 is 0. The average molecular weight is 325 g/mol. The van der Waals surface area contributed by atoms with Gasteiger partial charge in [0, 0.05) is 18.1 Å². The summed E-state index contributed by atoms with van der Waals surface area (Å²) in [6.07, 6.45) is 0.460. The number of ether oxygens (including phenoxy) is 1. The number of hydrogen-bond acceptors (Lipinski definition) is 6. The fourth-order valence-electron chi connectivity index (χ4n) is 2.76. The highest BCUT2D eigenvalue weighted by Gasteiger charge is 2.31. The quantitative estimate of drug-likeness (QED) is 0.669. The van der Waals surface area contributed by atoms with Gasteiger partial charge in [-0.3, -0.25) is 15.5 Å². The number of para-hydroxylation sites is 2. The summed E-state index contributed by atoms with van der Waals surface area (Å²) in [7, 11) is 0. The zero-order valence-electron chi connectivity index (χ0n) is 13.2. The second kappa shape index (κ2) is 5.54. The number of benzene rings is 1. The van der Waals surface area contributed by atoms with E-state index in [1.165, 1.54) is 12.1 Å². The molecule has 0 aliphatic carbocycles. The summed E-state index contributed by atoms with van der Waals surface area (Å²) in [6.45, 7) is 4.01. The molecule has 122 valence electrons. The summed E-state index contributed by atoms with van der Waals surface area (Å²) in [5, 5.41) is 33.4. The number of rotatable bonds is 2. The van der Waals surface area contributed by atoms with Gasteiger partial charge in [-0.15, -0.1) is 0 Å². The van der Waals surface area contributed by atoms with Gasteiger partial charge in [0.05, 0.1) is 22.8 Å². The Labute approximate surface area is 137 Å². The largest absolute Gasteiger partial charge is 0.369 e. The van der Waals surface area contributed by atoms with E-state index in [9.17, 15) is 15.4 Å². The third-order valence-corrected chi connectivity index (χ3v) is 3.94. The van der Waals surface area contributed by atoms with Gasteiger partial charge in [-0.1, -0.05) is 12.1 Å². The highest BCUT2D eigenvalue weighted by Crippen LogP contribution is 2.28. The van der Waals surface area contributed by atoms with Crippen molar-refractivity contribution in [3.63, 3.8) is 0 Å². The predicted molar refractivity (Wildman–Crippen MR) is 83.4 cm³/mol. The first kappa shape index (κ1) is 15.8. The SMILES string of the molecule is CC1(C)Cc2c(nn(-c3ccccc3[N+](=O)[O-])c(=N)c2C#N)CO1. The first-order valence-electron chi connectivity index (χ1n) is 7.31. The molecule has 3 rings (SSSR count). The van der Waals surface area contributed by atoms with Crippen LogP contribution in [0.4, 0.5) is 5.69 Å². The van der Waals surface area contributed by atoms with E-state index >= 15 is 0 Å².